The Labute approximate surface area is 115 Å². The second-order valence-corrected chi connectivity index (χ2v) is 5.56. The minimum atomic E-state index is -0.608. The van der Waals surface area contributed by atoms with Gasteiger partial charge in [-0.3, -0.25) is 0 Å². The van der Waals surface area contributed by atoms with Gasteiger partial charge in [0.1, 0.15) is 0 Å². The fourth-order valence-electron chi connectivity index (χ4n) is 3.05. The van der Waals surface area contributed by atoms with Crippen LogP contribution in [0, 0.1) is 0 Å². The molecule has 1 aliphatic rings. The summed E-state index contributed by atoms with van der Waals surface area (Å²) < 4.78 is 0. The normalized spacial score (nSPS) is 20.1. The SMILES string of the molecule is CONC(CCc1ccccc1)C1(O)CCCCC1. The summed E-state index contributed by atoms with van der Waals surface area (Å²) in [6, 6.07) is 10.4. The van der Waals surface area contributed by atoms with Gasteiger partial charge in [0.15, 0.2) is 0 Å². The van der Waals surface area contributed by atoms with Crippen molar-refractivity contribution in [1.82, 2.24) is 5.48 Å². The van der Waals surface area contributed by atoms with Crippen LogP contribution in [-0.4, -0.2) is 23.9 Å². The summed E-state index contributed by atoms with van der Waals surface area (Å²) in [6.45, 7) is 0. The predicted octanol–water partition coefficient (Wildman–Crippen LogP) is 2.83. The summed E-state index contributed by atoms with van der Waals surface area (Å²) in [6.07, 6.45) is 7.08. The molecule has 0 amide bonds. The Morgan fingerprint density at radius 1 is 1.21 bits per heavy atom. The van der Waals surface area contributed by atoms with Crippen molar-refractivity contribution in [2.75, 3.05) is 7.11 Å². The first kappa shape index (κ1) is 14.5. The van der Waals surface area contributed by atoms with E-state index in [0.717, 1.165) is 38.5 Å². The van der Waals surface area contributed by atoms with E-state index in [1.54, 1.807) is 7.11 Å². The lowest BCUT2D eigenvalue weighted by Crippen LogP contribution is -2.51. The lowest BCUT2D eigenvalue weighted by molar-refractivity contribution is -0.0815. The molecule has 3 nitrogen and oxygen atoms in total. The molecule has 2 rings (SSSR count). The zero-order chi connectivity index (χ0) is 13.6. The predicted molar refractivity (Wildman–Crippen MR) is 76.7 cm³/mol. The molecule has 1 aliphatic carbocycles. The Kier molecular flexibility index (Phi) is 5.37. The molecular weight excluding hydrogens is 238 g/mol. The van der Waals surface area contributed by atoms with Crippen molar-refractivity contribution in [1.29, 1.82) is 0 Å². The smallest absolute Gasteiger partial charge is 0.0822 e. The van der Waals surface area contributed by atoms with Crippen LogP contribution in [0.4, 0.5) is 0 Å². The van der Waals surface area contributed by atoms with Gasteiger partial charge in [0.05, 0.1) is 18.8 Å². The van der Waals surface area contributed by atoms with E-state index in [4.69, 9.17) is 4.84 Å². The molecule has 0 radical (unpaired) electrons. The summed E-state index contributed by atoms with van der Waals surface area (Å²) >= 11 is 0. The third kappa shape index (κ3) is 4.03. The topological polar surface area (TPSA) is 41.5 Å². The first-order valence-electron chi connectivity index (χ1n) is 7.29. The second-order valence-electron chi connectivity index (χ2n) is 5.56. The molecular formula is C16H25NO2. The molecule has 2 N–H and O–H groups in total. The van der Waals surface area contributed by atoms with Gasteiger partial charge in [-0.2, -0.15) is 5.48 Å². The van der Waals surface area contributed by atoms with Crippen molar-refractivity contribution in [2.45, 2.75) is 56.6 Å². The summed E-state index contributed by atoms with van der Waals surface area (Å²) in [4.78, 5) is 5.10. The van der Waals surface area contributed by atoms with Crippen LogP contribution in [-0.2, 0) is 11.3 Å². The Morgan fingerprint density at radius 2 is 1.89 bits per heavy atom. The molecule has 1 fully saturated rings. The average Bonchev–Trinajstić information content (AvgIpc) is 2.45. The zero-order valence-corrected chi connectivity index (χ0v) is 11.8. The maximum atomic E-state index is 10.8. The Bertz CT molecular complexity index is 360. The minimum Gasteiger partial charge on any atom is -0.388 e. The largest absolute Gasteiger partial charge is 0.388 e. The van der Waals surface area contributed by atoms with Crippen molar-refractivity contribution in [3.05, 3.63) is 35.9 Å². The maximum Gasteiger partial charge on any atom is 0.0822 e. The fraction of sp³-hybridized carbons (Fsp3) is 0.625. The number of nitrogens with one attached hydrogen (secondary N) is 1. The average molecular weight is 263 g/mol. The molecule has 0 saturated heterocycles. The number of benzene rings is 1. The Balaban J connectivity index is 1.95. The lowest BCUT2D eigenvalue weighted by Gasteiger charge is -2.39. The van der Waals surface area contributed by atoms with Gasteiger partial charge in [-0.05, 0) is 31.2 Å². The highest BCUT2D eigenvalue weighted by Gasteiger charge is 2.37. The molecule has 1 saturated carbocycles. The standard InChI is InChI=1S/C16H25NO2/c1-19-17-15(16(18)12-6-3-7-13-16)11-10-14-8-4-2-5-9-14/h2,4-5,8-9,15,17-18H,3,6-7,10-13H2,1H3. The van der Waals surface area contributed by atoms with Crippen molar-refractivity contribution >= 4 is 0 Å². The van der Waals surface area contributed by atoms with Gasteiger partial charge in [0, 0.05) is 0 Å². The van der Waals surface area contributed by atoms with Gasteiger partial charge in [-0.1, -0.05) is 49.6 Å². The molecule has 0 heterocycles. The number of hydroxylamine groups is 1. The highest BCUT2D eigenvalue weighted by molar-refractivity contribution is 5.15. The Hall–Kier alpha value is -0.900. The molecule has 0 bridgehead atoms. The third-order valence-corrected chi connectivity index (χ3v) is 4.19. The molecule has 1 aromatic rings. The fourth-order valence-corrected chi connectivity index (χ4v) is 3.05. The Morgan fingerprint density at radius 3 is 2.53 bits per heavy atom. The molecule has 19 heavy (non-hydrogen) atoms. The number of rotatable bonds is 6. The van der Waals surface area contributed by atoms with Crippen LogP contribution in [0.15, 0.2) is 30.3 Å². The van der Waals surface area contributed by atoms with Crippen LogP contribution in [0.3, 0.4) is 0 Å². The highest BCUT2D eigenvalue weighted by atomic mass is 16.6. The summed E-state index contributed by atoms with van der Waals surface area (Å²) in [5.74, 6) is 0. The van der Waals surface area contributed by atoms with Crippen LogP contribution in [0.2, 0.25) is 0 Å². The quantitative estimate of drug-likeness (QED) is 0.775. The summed E-state index contributed by atoms with van der Waals surface area (Å²) in [5, 5.41) is 10.8. The molecule has 3 heteroatoms. The van der Waals surface area contributed by atoms with E-state index in [0.29, 0.717) is 0 Å². The first-order valence-corrected chi connectivity index (χ1v) is 7.29. The van der Waals surface area contributed by atoms with Crippen LogP contribution in [0.5, 0.6) is 0 Å². The van der Waals surface area contributed by atoms with E-state index >= 15 is 0 Å². The van der Waals surface area contributed by atoms with E-state index in [1.165, 1.54) is 12.0 Å². The highest BCUT2D eigenvalue weighted by Crippen LogP contribution is 2.32. The molecule has 1 aromatic carbocycles. The summed E-state index contributed by atoms with van der Waals surface area (Å²) in [7, 11) is 1.63. The van der Waals surface area contributed by atoms with Gasteiger partial charge >= 0.3 is 0 Å². The van der Waals surface area contributed by atoms with E-state index in [-0.39, 0.29) is 6.04 Å². The molecule has 0 aliphatic heterocycles. The molecule has 106 valence electrons. The molecule has 1 atom stereocenters. The number of hydrogen-bond acceptors (Lipinski definition) is 3. The minimum absolute atomic E-state index is 0.0120. The van der Waals surface area contributed by atoms with Crippen molar-refractivity contribution < 1.29 is 9.94 Å². The maximum absolute atomic E-state index is 10.8. The van der Waals surface area contributed by atoms with Crippen LogP contribution >= 0.6 is 0 Å². The number of aryl methyl sites for hydroxylation is 1. The van der Waals surface area contributed by atoms with E-state index in [9.17, 15) is 5.11 Å². The second kappa shape index (κ2) is 7.04. The van der Waals surface area contributed by atoms with Gasteiger partial charge < -0.3 is 9.94 Å². The van der Waals surface area contributed by atoms with Gasteiger partial charge in [-0.15, -0.1) is 0 Å². The van der Waals surface area contributed by atoms with Gasteiger partial charge in [-0.25, -0.2) is 0 Å². The number of aliphatic hydroxyl groups is 1. The zero-order valence-electron chi connectivity index (χ0n) is 11.8. The summed E-state index contributed by atoms with van der Waals surface area (Å²) in [5.41, 5.74) is 3.71. The monoisotopic (exact) mass is 263 g/mol. The molecule has 0 spiro atoms. The number of hydrogen-bond donors (Lipinski definition) is 2. The van der Waals surface area contributed by atoms with Crippen LogP contribution in [0.1, 0.15) is 44.1 Å². The van der Waals surface area contributed by atoms with Gasteiger partial charge in [0.25, 0.3) is 0 Å². The molecule has 0 aromatic heterocycles. The van der Waals surface area contributed by atoms with E-state index < -0.39 is 5.60 Å². The van der Waals surface area contributed by atoms with Crippen molar-refractivity contribution in [3.8, 4) is 0 Å². The molecule has 1 unspecified atom stereocenters. The van der Waals surface area contributed by atoms with Crippen LogP contribution in [0.25, 0.3) is 0 Å². The van der Waals surface area contributed by atoms with Crippen LogP contribution < -0.4 is 5.48 Å². The lowest BCUT2D eigenvalue weighted by atomic mass is 9.78. The van der Waals surface area contributed by atoms with E-state index in [1.807, 2.05) is 6.07 Å². The van der Waals surface area contributed by atoms with Crippen molar-refractivity contribution in [3.63, 3.8) is 0 Å². The van der Waals surface area contributed by atoms with Gasteiger partial charge in [0.2, 0.25) is 0 Å². The van der Waals surface area contributed by atoms with E-state index in [2.05, 4.69) is 29.7 Å². The first-order chi connectivity index (χ1) is 9.24. The van der Waals surface area contributed by atoms with Crippen molar-refractivity contribution in [2.24, 2.45) is 0 Å². The third-order valence-electron chi connectivity index (χ3n) is 4.19.